The SMILES string of the molecule is O=C(O)Cn1nnc2c(F)cccc2c1=O. The average molecular weight is 223 g/mol. The number of nitrogens with zero attached hydrogens (tertiary/aromatic N) is 3. The van der Waals surface area contributed by atoms with Crippen molar-refractivity contribution in [3.63, 3.8) is 0 Å². The first-order valence-corrected chi connectivity index (χ1v) is 4.33. The number of benzene rings is 1. The Bertz CT molecular complexity index is 623. The Balaban J connectivity index is 2.71. The first-order chi connectivity index (χ1) is 7.59. The van der Waals surface area contributed by atoms with Crippen molar-refractivity contribution in [1.29, 1.82) is 0 Å². The van der Waals surface area contributed by atoms with Gasteiger partial charge in [-0.15, -0.1) is 5.10 Å². The Labute approximate surface area is 87.9 Å². The molecule has 2 rings (SSSR count). The van der Waals surface area contributed by atoms with E-state index in [1.165, 1.54) is 12.1 Å². The average Bonchev–Trinajstić information content (AvgIpc) is 2.23. The summed E-state index contributed by atoms with van der Waals surface area (Å²) in [7, 11) is 0. The molecular formula is C9H6FN3O3. The van der Waals surface area contributed by atoms with Gasteiger partial charge in [-0.25, -0.2) is 4.39 Å². The minimum Gasteiger partial charge on any atom is -0.480 e. The van der Waals surface area contributed by atoms with Gasteiger partial charge in [0.1, 0.15) is 12.1 Å². The van der Waals surface area contributed by atoms with E-state index in [2.05, 4.69) is 10.3 Å². The van der Waals surface area contributed by atoms with Gasteiger partial charge in [0.25, 0.3) is 5.56 Å². The van der Waals surface area contributed by atoms with Crippen LogP contribution in [0.15, 0.2) is 23.0 Å². The number of hydrogen-bond donors (Lipinski definition) is 1. The zero-order valence-electron chi connectivity index (χ0n) is 7.92. The number of rotatable bonds is 2. The van der Waals surface area contributed by atoms with Gasteiger partial charge in [-0.1, -0.05) is 11.3 Å². The fraction of sp³-hybridized carbons (Fsp3) is 0.111. The second-order valence-electron chi connectivity index (χ2n) is 3.08. The number of hydrogen-bond acceptors (Lipinski definition) is 4. The molecule has 1 heterocycles. The molecule has 16 heavy (non-hydrogen) atoms. The van der Waals surface area contributed by atoms with Crippen LogP contribution >= 0.6 is 0 Å². The molecule has 0 saturated heterocycles. The van der Waals surface area contributed by atoms with E-state index in [4.69, 9.17) is 5.11 Å². The summed E-state index contributed by atoms with van der Waals surface area (Å²) in [5.74, 6) is -1.88. The van der Waals surface area contributed by atoms with Crippen LogP contribution in [0.4, 0.5) is 4.39 Å². The summed E-state index contributed by atoms with van der Waals surface area (Å²) >= 11 is 0. The van der Waals surface area contributed by atoms with Crippen molar-refractivity contribution in [3.05, 3.63) is 34.4 Å². The van der Waals surface area contributed by atoms with Crippen molar-refractivity contribution in [2.24, 2.45) is 0 Å². The first-order valence-electron chi connectivity index (χ1n) is 4.33. The Morgan fingerprint density at radius 2 is 2.25 bits per heavy atom. The molecule has 0 fully saturated rings. The summed E-state index contributed by atoms with van der Waals surface area (Å²) in [6, 6.07) is 3.87. The predicted molar refractivity (Wildman–Crippen MR) is 51.4 cm³/mol. The van der Waals surface area contributed by atoms with Gasteiger partial charge in [-0.05, 0) is 12.1 Å². The standard InChI is InChI=1S/C9H6FN3O3/c10-6-3-1-2-5-8(6)11-12-13(9(5)16)4-7(14)15/h1-3H,4H2,(H,14,15). The highest BCUT2D eigenvalue weighted by Crippen LogP contribution is 2.09. The third-order valence-corrected chi connectivity index (χ3v) is 1.99. The summed E-state index contributed by atoms with van der Waals surface area (Å²) in [5.41, 5.74) is -0.832. The topological polar surface area (TPSA) is 85.1 Å². The number of carbonyl (C=O) groups is 1. The third kappa shape index (κ3) is 1.62. The maximum atomic E-state index is 13.2. The molecule has 0 spiro atoms. The largest absolute Gasteiger partial charge is 0.480 e. The fourth-order valence-electron chi connectivity index (χ4n) is 1.30. The molecule has 2 aromatic rings. The summed E-state index contributed by atoms with van der Waals surface area (Å²) in [5, 5.41) is 15.3. The molecular weight excluding hydrogens is 217 g/mol. The van der Waals surface area contributed by atoms with Crippen LogP contribution < -0.4 is 5.56 Å². The van der Waals surface area contributed by atoms with Crippen LogP contribution in [0.25, 0.3) is 10.9 Å². The molecule has 0 saturated carbocycles. The van der Waals surface area contributed by atoms with E-state index in [0.29, 0.717) is 4.68 Å². The van der Waals surface area contributed by atoms with E-state index in [9.17, 15) is 14.0 Å². The molecule has 1 aromatic carbocycles. The van der Waals surface area contributed by atoms with Crippen molar-refractivity contribution >= 4 is 16.9 Å². The lowest BCUT2D eigenvalue weighted by atomic mass is 10.2. The lowest BCUT2D eigenvalue weighted by Crippen LogP contribution is -2.27. The van der Waals surface area contributed by atoms with Crippen LogP contribution in [-0.2, 0) is 11.3 Å². The molecule has 0 aliphatic rings. The first kappa shape index (κ1) is 10.2. The molecule has 6 nitrogen and oxygen atoms in total. The highest BCUT2D eigenvalue weighted by atomic mass is 19.1. The van der Waals surface area contributed by atoms with Crippen LogP contribution in [0.3, 0.4) is 0 Å². The number of aromatic nitrogens is 3. The van der Waals surface area contributed by atoms with E-state index in [1.807, 2.05) is 0 Å². The molecule has 0 unspecified atom stereocenters. The maximum Gasteiger partial charge on any atom is 0.325 e. The second kappa shape index (κ2) is 3.69. The van der Waals surface area contributed by atoms with Crippen molar-refractivity contribution in [1.82, 2.24) is 15.0 Å². The molecule has 0 aliphatic carbocycles. The summed E-state index contributed by atoms with van der Waals surface area (Å²) < 4.78 is 13.9. The van der Waals surface area contributed by atoms with Gasteiger partial charge < -0.3 is 5.11 Å². The maximum absolute atomic E-state index is 13.2. The molecule has 82 valence electrons. The van der Waals surface area contributed by atoms with Crippen molar-refractivity contribution < 1.29 is 14.3 Å². The summed E-state index contributed by atoms with van der Waals surface area (Å²) in [4.78, 5) is 22.1. The van der Waals surface area contributed by atoms with Gasteiger partial charge in [0.2, 0.25) is 0 Å². The quantitative estimate of drug-likeness (QED) is 0.775. The van der Waals surface area contributed by atoms with Crippen LogP contribution in [0.5, 0.6) is 0 Å². The Morgan fingerprint density at radius 3 is 2.94 bits per heavy atom. The smallest absolute Gasteiger partial charge is 0.325 e. The molecule has 1 N–H and O–H groups in total. The van der Waals surface area contributed by atoms with Crippen molar-refractivity contribution in [2.45, 2.75) is 6.54 Å². The minimum absolute atomic E-state index is 0.0104. The second-order valence-corrected chi connectivity index (χ2v) is 3.08. The number of carboxylic acid groups (broad SMARTS) is 1. The van der Waals surface area contributed by atoms with Gasteiger partial charge in [-0.3, -0.25) is 9.59 Å². The van der Waals surface area contributed by atoms with E-state index in [0.717, 1.165) is 6.07 Å². The van der Waals surface area contributed by atoms with E-state index >= 15 is 0 Å². The monoisotopic (exact) mass is 223 g/mol. The van der Waals surface area contributed by atoms with Crippen molar-refractivity contribution in [2.75, 3.05) is 0 Å². The number of halogens is 1. The van der Waals surface area contributed by atoms with Gasteiger partial charge in [-0.2, -0.15) is 4.68 Å². The minimum atomic E-state index is -1.22. The van der Waals surface area contributed by atoms with Crippen LogP contribution in [0.1, 0.15) is 0 Å². The van der Waals surface area contributed by atoms with Crippen LogP contribution in [0, 0.1) is 5.82 Å². The Kier molecular flexibility index (Phi) is 2.35. The molecule has 0 bridgehead atoms. The van der Waals surface area contributed by atoms with E-state index in [1.54, 1.807) is 0 Å². The third-order valence-electron chi connectivity index (χ3n) is 1.99. The van der Waals surface area contributed by atoms with Gasteiger partial charge in [0, 0.05) is 0 Å². The Hall–Kier alpha value is -2.31. The highest BCUT2D eigenvalue weighted by Gasteiger charge is 2.10. The summed E-state index contributed by atoms with van der Waals surface area (Å²) in [6.45, 7) is -0.599. The normalized spacial score (nSPS) is 10.6. The fourth-order valence-corrected chi connectivity index (χ4v) is 1.30. The molecule has 1 aromatic heterocycles. The predicted octanol–water partition coefficient (Wildman–Crippen LogP) is 0.0152. The summed E-state index contributed by atoms with van der Waals surface area (Å²) in [6.07, 6.45) is 0. The number of aliphatic carboxylic acids is 1. The van der Waals surface area contributed by atoms with Crippen molar-refractivity contribution in [3.8, 4) is 0 Å². The molecule has 0 amide bonds. The zero-order chi connectivity index (χ0) is 11.7. The lowest BCUT2D eigenvalue weighted by molar-refractivity contribution is -0.138. The van der Waals surface area contributed by atoms with Gasteiger partial charge in [0.15, 0.2) is 5.82 Å². The molecule has 0 aliphatic heterocycles. The van der Waals surface area contributed by atoms with Crippen LogP contribution in [0.2, 0.25) is 0 Å². The lowest BCUT2D eigenvalue weighted by Gasteiger charge is -2.01. The zero-order valence-corrected chi connectivity index (χ0v) is 7.92. The molecule has 7 heteroatoms. The number of carboxylic acids is 1. The van der Waals surface area contributed by atoms with Gasteiger partial charge in [0.05, 0.1) is 5.39 Å². The molecule has 0 radical (unpaired) electrons. The van der Waals surface area contributed by atoms with E-state index in [-0.39, 0.29) is 10.9 Å². The van der Waals surface area contributed by atoms with Gasteiger partial charge >= 0.3 is 5.97 Å². The Morgan fingerprint density at radius 1 is 1.50 bits per heavy atom. The molecule has 0 atom stereocenters. The van der Waals surface area contributed by atoms with E-state index < -0.39 is 23.9 Å². The number of fused-ring (bicyclic) bond motifs is 1. The highest BCUT2D eigenvalue weighted by molar-refractivity contribution is 5.77. The van der Waals surface area contributed by atoms with Crippen LogP contribution in [-0.4, -0.2) is 26.1 Å².